The molecular weight excluding hydrogens is 436 g/mol. The van der Waals surface area contributed by atoms with Crippen LogP contribution in [0.15, 0.2) is 18.2 Å². The maximum Gasteiger partial charge on any atom is 0.317 e. The van der Waals surface area contributed by atoms with E-state index in [0.29, 0.717) is 30.1 Å². The number of carbonyl (C=O) groups excluding carboxylic acids is 3. The van der Waals surface area contributed by atoms with Crippen LogP contribution in [0.5, 0.6) is 5.75 Å². The lowest BCUT2D eigenvalue weighted by Crippen LogP contribution is -2.52. The second-order valence-corrected chi connectivity index (χ2v) is 9.83. The molecule has 0 bridgehead atoms. The highest BCUT2D eigenvalue weighted by Gasteiger charge is 2.32. The van der Waals surface area contributed by atoms with Crippen LogP contribution in [0.1, 0.15) is 50.9 Å². The van der Waals surface area contributed by atoms with Gasteiger partial charge in [0.15, 0.2) is 0 Å². The van der Waals surface area contributed by atoms with Crippen molar-refractivity contribution in [2.75, 3.05) is 39.2 Å². The SMILES string of the molecule is CO[C@H]1CN(C)C(=O)c2cc(NC(=O)C3CC3)ccc2OC[C@@H](C)N(C(=O)NC(C)C)C[C@H]1C. The zero-order valence-electron chi connectivity index (χ0n) is 21.1. The summed E-state index contributed by atoms with van der Waals surface area (Å²) in [5.74, 6) is 0.213. The minimum Gasteiger partial charge on any atom is -0.491 e. The average Bonchev–Trinajstić information content (AvgIpc) is 3.63. The second kappa shape index (κ2) is 11.1. The molecule has 4 amide bonds. The molecule has 9 heteroatoms. The summed E-state index contributed by atoms with van der Waals surface area (Å²) in [4.78, 5) is 41.9. The van der Waals surface area contributed by atoms with Gasteiger partial charge >= 0.3 is 6.03 Å². The van der Waals surface area contributed by atoms with E-state index in [-0.39, 0.29) is 54.5 Å². The predicted octanol–water partition coefficient (Wildman–Crippen LogP) is 2.96. The molecule has 0 unspecified atom stereocenters. The standard InChI is InChI=1S/C25H38N4O5/c1-15(2)26-25(32)29-12-16(3)22(33-6)13-28(5)24(31)20-11-19(27-23(30)18-7-8-18)9-10-21(20)34-14-17(29)4/h9-11,15-18,22H,7-8,12-14H2,1-6H3,(H,26,32)(H,27,30)/t16-,17-,22+/m1/s1. The van der Waals surface area contributed by atoms with Crippen molar-refractivity contribution in [3.8, 4) is 5.75 Å². The van der Waals surface area contributed by atoms with Crippen LogP contribution < -0.4 is 15.4 Å². The monoisotopic (exact) mass is 474 g/mol. The molecule has 0 aromatic heterocycles. The van der Waals surface area contributed by atoms with Crippen LogP contribution in [0.3, 0.4) is 0 Å². The topological polar surface area (TPSA) is 100 Å². The Morgan fingerprint density at radius 1 is 1.18 bits per heavy atom. The van der Waals surface area contributed by atoms with Crippen LogP contribution in [0.2, 0.25) is 0 Å². The van der Waals surface area contributed by atoms with E-state index in [1.54, 1.807) is 42.2 Å². The number of fused-ring (bicyclic) bond motifs is 1. The quantitative estimate of drug-likeness (QED) is 0.699. The number of carbonyl (C=O) groups is 3. The number of rotatable bonds is 4. The largest absolute Gasteiger partial charge is 0.491 e. The lowest BCUT2D eigenvalue weighted by atomic mass is 10.0. The fourth-order valence-electron chi connectivity index (χ4n) is 4.06. The molecule has 3 atom stereocenters. The fourth-order valence-corrected chi connectivity index (χ4v) is 4.06. The summed E-state index contributed by atoms with van der Waals surface area (Å²) in [7, 11) is 3.34. The van der Waals surface area contributed by atoms with Crippen LogP contribution in [0, 0.1) is 11.8 Å². The molecule has 0 spiro atoms. The summed E-state index contributed by atoms with van der Waals surface area (Å²) < 4.78 is 11.8. The Balaban J connectivity index is 1.92. The number of benzene rings is 1. The molecular formula is C25H38N4O5. The van der Waals surface area contributed by atoms with Crippen molar-refractivity contribution < 1.29 is 23.9 Å². The summed E-state index contributed by atoms with van der Waals surface area (Å²) in [5.41, 5.74) is 0.931. The Morgan fingerprint density at radius 3 is 2.50 bits per heavy atom. The van der Waals surface area contributed by atoms with Crippen LogP contribution in [0.25, 0.3) is 0 Å². The highest BCUT2D eigenvalue weighted by molar-refractivity contribution is 6.00. The smallest absolute Gasteiger partial charge is 0.317 e. The van der Waals surface area contributed by atoms with Gasteiger partial charge in [-0.1, -0.05) is 6.92 Å². The minimum absolute atomic E-state index is 0.00396. The zero-order valence-corrected chi connectivity index (χ0v) is 21.1. The minimum atomic E-state index is -0.267. The summed E-state index contributed by atoms with van der Waals surface area (Å²) in [6.45, 7) is 8.82. The molecule has 1 aromatic rings. The highest BCUT2D eigenvalue weighted by atomic mass is 16.5. The zero-order chi connectivity index (χ0) is 25.0. The van der Waals surface area contributed by atoms with Gasteiger partial charge in [0.25, 0.3) is 5.91 Å². The molecule has 34 heavy (non-hydrogen) atoms. The van der Waals surface area contributed by atoms with Crippen LogP contribution in [-0.4, -0.2) is 79.7 Å². The van der Waals surface area contributed by atoms with Crippen LogP contribution in [0.4, 0.5) is 10.5 Å². The predicted molar refractivity (Wildman–Crippen MR) is 130 cm³/mol. The van der Waals surface area contributed by atoms with Crippen molar-refractivity contribution in [3.05, 3.63) is 23.8 Å². The van der Waals surface area contributed by atoms with E-state index in [1.165, 1.54) is 0 Å². The molecule has 9 nitrogen and oxygen atoms in total. The summed E-state index contributed by atoms with van der Waals surface area (Å²) in [6, 6.07) is 4.72. The number of ether oxygens (including phenoxy) is 2. The van der Waals surface area contributed by atoms with Crippen molar-refractivity contribution >= 4 is 23.5 Å². The normalized spacial score (nSPS) is 24.0. The Morgan fingerprint density at radius 2 is 1.88 bits per heavy atom. The van der Waals surface area contributed by atoms with Gasteiger partial charge in [-0.3, -0.25) is 9.59 Å². The number of amides is 4. The summed E-state index contributed by atoms with van der Waals surface area (Å²) >= 11 is 0. The first-order valence-corrected chi connectivity index (χ1v) is 12.0. The Kier molecular flexibility index (Phi) is 8.41. The van der Waals surface area contributed by atoms with E-state index in [4.69, 9.17) is 9.47 Å². The number of anilines is 1. The van der Waals surface area contributed by atoms with Gasteiger partial charge in [-0.15, -0.1) is 0 Å². The molecule has 1 saturated carbocycles. The third kappa shape index (κ3) is 6.40. The van der Waals surface area contributed by atoms with E-state index in [1.807, 2.05) is 27.7 Å². The number of nitrogens with zero attached hydrogens (tertiary/aromatic N) is 2. The first kappa shape index (κ1) is 25.8. The van der Waals surface area contributed by atoms with Crippen molar-refractivity contribution in [1.82, 2.24) is 15.1 Å². The molecule has 1 aliphatic carbocycles. The van der Waals surface area contributed by atoms with Gasteiger partial charge < -0.3 is 29.9 Å². The molecule has 188 valence electrons. The summed E-state index contributed by atoms with van der Waals surface area (Å²) in [6.07, 6.45) is 1.53. The van der Waals surface area contributed by atoms with E-state index in [0.717, 1.165) is 12.8 Å². The molecule has 1 aromatic carbocycles. The molecule has 2 aliphatic rings. The van der Waals surface area contributed by atoms with Gasteiger partial charge in [0.1, 0.15) is 12.4 Å². The van der Waals surface area contributed by atoms with Gasteiger partial charge in [-0.25, -0.2) is 4.79 Å². The lowest BCUT2D eigenvalue weighted by Gasteiger charge is -2.36. The third-order valence-electron chi connectivity index (χ3n) is 6.33. The Labute approximate surface area is 202 Å². The molecule has 1 fully saturated rings. The lowest BCUT2D eigenvalue weighted by molar-refractivity contribution is -0.117. The number of hydrogen-bond acceptors (Lipinski definition) is 5. The van der Waals surface area contributed by atoms with E-state index < -0.39 is 0 Å². The Hall–Kier alpha value is -2.81. The average molecular weight is 475 g/mol. The van der Waals surface area contributed by atoms with Gasteiger partial charge in [0.05, 0.1) is 17.7 Å². The molecule has 0 saturated heterocycles. The third-order valence-corrected chi connectivity index (χ3v) is 6.33. The number of nitrogens with one attached hydrogen (secondary N) is 2. The maximum absolute atomic E-state index is 13.4. The Bertz CT molecular complexity index is 901. The van der Waals surface area contributed by atoms with Crippen molar-refractivity contribution in [2.24, 2.45) is 11.8 Å². The first-order valence-electron chi connectivity index (χ1n) is 12.0. The maximum atomic E-state index is 13.4. The van der Waals surface area contributed by atoms with Gasteiger partial charge in [-0.2, -0.15) is 0 Å². The van der Waals surface area contributed by atoms with E-state index in [2.05, 4.69) is 10.6 Å². The van der Waals surface area contributed by atoms with E-state index in [9.17, 15) is 14.4 Å². The van der Waals surface area contributed by atoms with Gasteiger partial charge in [-0.05, 0) is 51.8 Å². The van der Waals surface area contributed by atoms with Gasteiger partial charge in [0, 0.05) is 50.8 Å². The van der Waals surface area contributed by atoms with Crippen molar-refractivity contribution in [3.63, 3.8) is 0 Å². The molecule has 0 radical (unpaired) electrons. The number of urea groups is 1. The van der Waals surface area contributed by atoms with E-state index >= 15 is 0 Å². The number of hydrogen-bond donors (Lipinski definition) is 2. The fraction of sp³-hybridized carbons (Fsp3) is 0.640. The van der Waals surface area contributed by atoms with Gasteiger partial charge in [0.2, 0.25) is 5.91 Å². The highest BCUT2D eigenvalue weighted by Crippen LogP contribution is 2.31. The van der Waals surface area contributed by atoms with Crippen LogP contribution >= 0.6 is 0 Å². The van der Waals surface area contributed by atoms with Crippen molar-refractivity contribution in [1.29, 1.82) is 0 Å². The number of likely N-dealkylation sites (N-methyl/N-ethyl adjacent to an activating group) is 1. The molecule has 1 heterocycles. The van der Waals surface area contributed by atoms with Crippen molar-refractivity contribution in [2.45, 2.75) is 58.7 Å². The first-order chi connectivity index (χ1) is 16.1. The summed E-state index contributed by atoms with van der Waals surface area (Å²) in [5, 5.41) is 5.87. The number of methoxy groups -OCH3 is 1. The van der Waals surface area contributed by atoms with Crippen LogP contribution in [-0.2, 0) is 9.53 Å². The molecule has 1 aliphatic heterocycles. The molecule has 3 rings (SSSR count). The molecule has 2 N–H and O–H groups in total. The second-order valence-electron chi connectivity index (χ2n) is 9.83.